The first-order valence-corrected chi connectivity index (χ1v) is 6.70. The highest BCUT2D eigenvalue weighted by atomic mass is 16.5. The van der Waals surface area contributed by atoms with Gasteiger partial charge in [0.15, 0.2) is 0 Å². The Hall–Kier alpha value is -0.120. The zero-order valence-electron chi connectivity index (χ0n) is 10.6. The first-order chi connectivity index (χ1) is 7.73. The molecule has 3 nitrogen and oxygen atoms in total. The van der Waals surface area contributed by atoms with Crippen LogP contribution in [0.15, 0.2) is 0 Å². The Bertz CT molecular complexity index is 187. The third-order valence-corrected chi connectivity index (χ3v) is 3.81. The van der Waals surface area contributed by atoms with Crippen molar-refractivity contribution in [3.8, 4) is 0 Å². The van der Waals surface area contributed by atoms with E-state index in [9.17, 15) is 5.11 Å². The van der Waals surface area contributed by atoms with Crippen LogP contribution in [0, 0.1) is 5.92 Å². The molecule has 2 unspecified atom stereocenters. The molecule has 0 bridgehead atoms. The molecule has 96 valence electrons. The normalized spacial score (nSPS) is 29.8. The van der Waals surface area contributed by atoms with Gasteiger partial charge in [0.1, 0.15) is 0 Å². The number of unbranched alkanes of at least 4 members (excludes halogenated alkanes) is 2. The molecule has 1 aliphatic carbocycles. The SMILES string of the molecule is CCCCCOCCC1CCCC1(N)CO. The van der Waals surface area contributed by atoms with Crippen LogP contribution in [0.4, 0.5) is 0 Å². The molecule has 16 heavy (non-hydrogen) atoms. The van der Waals surface area contributed by atoms with Crippen molar-refractivity contribution < 1.29 is 9.84 Å². The lowest BCUT2D eigenvalue weighted by molar-refractivity contribution is 0.0923. The molecule has 0 aromatic heterocycles. The van der Waals surface area contributed by atoms with Gasteiger partial charge in [0.2, 0.25) is 0 Å². The molecule has 0 radical (unpaired) electrons. The topological polar surface area (TPSA) is 55.5 Å². The highest BCUT2D eigenvalue weighted by Gasteiger charge is 2.38. The zero-order chi connectivity index (χ0) is 11.9. The third-order valence-electron chi connectivity index (χ3n) is 3.81. The summed E-state index contributed by atoms with van der Waals surface area (Å²) in [4.78, 5) is 0. The fourth-order valence-electron chi connectivity index (χ4n) is 2.59. The molecule has 3 N–H and O–H groups in total. The molecular weight excluding hydrogens is 202 g/mol. The highest BCUT2D eigenvalue weighted by Crippen LogP contribution is 2.35. The van der Waals surface area contributed by atoms with E-state index in [4.69, 9.17) is 10.5 Å². The molecule has 2 atom stereocenters. The van der Waals surface area contributed by atoms with E-state index in [1.54, 1.807) is 0 Å². The van der Waals surface area contributed by atoms with Gasteiger partial charge in [-0.3, -0.25) is 0 Å². The second-order valence-corrected chi connectivity index (χ2v) is 5.09. The molecule has 0 heterocycles. The maximum Gasteiger partial charge on any atom is 0.0613 e. The summed E-state index contributed by atoms with van der Waals surface area (Å²) in [5, 5.41) is 9.30. The number of aliphatic hydroxyl groups excluding tert-OH is 1. The van der Waals surface area contributed by atoms with Crippen molar-refractivity contribution in [2.75, 3.05) is 19.8 Å². The Morgan fingerprint density at radius 1 is 1.38 bits per heavy atom. The van der Waals surface area contributed by atoms with Crippen molar-refractivity contribution in [3.63, 3.8) is 0 Å². The van der Waals surface area contributed by atoms with Gasteiger partial charge < -0.3 is 15.6 Å². The predicted molar refractivity (Wildman–Crippen MR) is 66.3 cm³/mol. The Labute approximate surface area is 99.4 Å². The number of rotatable bonds is 8. The van der Waals surface area contributed by atoms with Gasteiger partial charge in [0.05, 0.1) is 6.61 Å². The third kappa shape index (κ3) is 4.04. The van der Waals surface area contributed by atoms with Gasteiger partial charge in [-0.1, -0.05) is 26.2 Å². The molecular formula is C13H27NO2. The number of hydrogen-bond donors (Lipinski definition) is 2. The summed E-state index contributed by atoms with van der Waals surface area (Å²) >= 11 is 0. The van der Waals surface area contributed by atoms with E-state index in [2.05, 4.69) is 6.92 Å². The fourth-order valence-corrected chi connectivity index (χ4v) is 2.59. The highest BCUT2D eigenvalue weighted by molar-refractivity contribution is 4.95. The van der Waals surface area contributed by atoms with E-state index in [-0.39, 0.29) is 12.1 Å². The quantitative estimate of drug-likeness (QED) is 0.626. The fraction of sp³-hybridized carbons (Fsp3) is 1.00. The van der Waals surface area contributed by atoms with Crippen LogP contribution in [-0.4, -0.2) is 30.5 Å². The molecule has 0 aliphatic heterocycles. The summed E-state index contributed by atoms with van der Waals surface area (Å²) in [7, 11) is 0. The van der Waals surface area contributed by atoms with Crippen molar-refractivity contribution >= 4 is 0 Å². The number of ether oxygens (including phenoxy) is 1. The molecule has 0 aromatic carbocycles. The monoisotopic (exact) mass is 229 g/mol. The maximum absolute atomic E-state index is 9.30. The summed E-state index contributed by atoms with van der Waals surface area (Å²) in [6, 6.07) is 0. The van der Waals surface area contributed by atoms with Gasteiger partial charge in [-0.05, 0) is 31.6 Å². The van der Waals surface area contributed by atoms with Gasteiger partial charge in [-0.15, -0.1) is 0 Å². The molecule has 0 spiro atoms. The Morgan fingerprint density at radius 3 is 2.88 bits per heavy atom. The molecule has 1 rings (SSSR count). The average Bonchev–Trinajstić information content (AvgIpc) is 2.66. The van der Waals surface area contributed by atoms with Gasteiger partial charge in [0.25, 0.3) is 0 Å². The van der Waals surface area contributed by atoms with E-state index >= 15 is 0 Å². The smallest absolute Gasteiger partial charge is 0.0613 e. The van der Waals surface area contributed by atoms with Crippen LogP contribution in [0.3, 0.4) is 0 Å². The van der Waals surface area contributed by atoms with E-state index < -0.39 is 0 Å². The first-order valence-electron chi connectivity index (χ1n) is 6.70. The molecule has 1 aliphatic rings. The first kappa shape index (κ1) is 13.9. The van der Waals surface area contributed by atoms with E-state index in [0.717, 1.165) is 45.3 Å². The summed E-state index contributed by atoms with van der Waals surface area (Å²) in [5.74, 6) is 0.448. The summed E-state index contributed by atoms with van der Waals surface area (Å²) in [6.45, 7) is 3.99. The summed E-state index contributed by atoms with van der Waals surface area (Å²) in [6.07, 6.45) is 7.92. The number of hydrogen-bond acceptors (Lipinski definition) is 3. The van der Waals surface area contributed by atoms with E-state index in [1.807, 2.05) is 0 Å². The standard InChI is InChI=1S/C13H27NO2/c1-2-3-4-9-16-10-7-12-6-5-8-13(12,14)11-15/h12,15H,2-11,14H2,1H3. The average molecular weight is 229 g/mol. The largest absolute Gasteiger partial charge is 0.394 e. The van der Waals surface area contributed by atoms with E-state index in [1.165, 1.54) is 12.8 Å². The lowest BCUT2D eigenvalue weighted by atomic mass is 9.87. The van der Waals surface area contributed by atoms with Crippen LogP contribution in [0.1, 0.15) is 51.9 Å². The van der Waals surface area contributed by atoms with Crippen molar-refractivity contribution in [1.29, 1.82) is 0 Å². The lowest BCUT2D eigenvalue weighted by Crippen LogP contribution is -2.47. The van der Waals surface area contributed by atoms with Crippen LogP contribution in [0.2, 0.25) is 0 Å². The van der Waals surface area contributed by atoms with Crippen molar-refractivity contribution in [2.24, 2.45) is 11.7 Å². The van der Waals surface area contributed by atoms with Crippen molar-refractivity contribution in [2.45, 2.75) is 57.4 Å². The second kappa shape index (κ2) is 7.25. The minimum Gasteiger partial charge on any atom is -0.394 e. The van der Waals surface area contributed by atoms with Crippen LogP contribution in [-0.2, 0) is 4.74 Å². The number of nitrogens with two attached hydrogens (primary N) is 1. The van der Waals surface area contributed by atoms with Crippen molar-refractivity contribution in [1.82, 2.24) is 0 Å². The zero-order valence-corrected chi connectivity index (χ0v) is 10.6. The van der Waals surface area contributed by atoms with E-state index in [0.29, 0.717) is 5.92 Å². The Kier molecular flexibility index (Phi) is 6.32. The summed E-state index contributed by atoms with van der Waals surface area (Å²) in [5.41, 5.74) is 5.83. The van der Waals surface area contributed by atoms with Gasteiger partial charge >= 0.3 is 0 Å². The van der Waals surface area contributed by atoms with Crippen LogP contribution in [0.25, 0.3) is 0 Å². The van der Waals surface area contributed by atoms with Gasteiger partial charge in [-0.2, -0.15) is 0 Å². The minimum atomic E-state index is -0.327. The second-order valence-electron chi connectivity index (χ2n) is 5.09. The Balaban J connectivity index is 2.08. The molecule has 1 saturated carbocycles. The lowest BCUT2D eigenvalue weighted by Gasteiger charge is -2.29. The van der Waals surface area contributed by atoms with Gasteiger partial charge in [-0.25, -0.2) is 0 Å². The molecule has 0 amide bonds. The number of aliphatic hydroxyl groups is 1. The Morgan fingerprint density at radius 2 is 2.19 bits per heavy atom. The molecule has 0 saturated heterocycles. The summed E-state index contributed by atoms with van der Waals surface area (Å²) < 4.78 is 5.60. The maximum atomic E-state index is 9.30. The minimum absolute atomic E-state index is 0.119. The van der Waals surface area contributed by atoms with Crippen LogP contribution < -0.4 is 5.73 Å². The van der Waals surface area contributed by atoms with Crippen LogP contribution >= 0.6 is 0 Å². The molecule has 3 heteroatoms. The predicted octanol–water partition coefficient (Wildman–Crippen LogP) is 2.07. The van der Waals surface area contributed by atoms with Crippen molar-refractivity contribution in [3.05, 3.63) is 0 Å². The molecule has 0 aromatic rings. The molecule has 1 fully saturated rings. The van der Waals surface area contributed by atoms with Gasteiger partial charge in [0, 0.05) is 18.8 Å². The van der Waals surface area contributed by atoms with Crippen LogP contribution in [0.5, 0.6) is 0 Å².